The third-order valence-corrected chi connectivity index (χ3v) is 4.03. The second kappa shape index (κ2) is 5.83. The highest BCUT2D eigenvalue weighted by atomic mass is 16.5. The van der Waals surface area contributed by atoms with Crippen LogP contribution in [-0.4, -0.2) is 49.2 Å². The van der Waals surface area contributed by atoms with Crippen molar-refractivity contribution in [3.8, 4) is 0 Å². The smallest absolute Gasteiger partial charge is 0.219 e. The van der Waals surface area contributed by atoms with Gasteiger partial charge in [-0.2, -0.15) is 0 Å². The molecule has 0 saturated carbocycles. The number of nitrogens with one attached hydrogen (secondary N) is 1. The number of likely N-dealkylation sites (tertiary alicyclic amines) is 1. The third-order valence-electron chi connectivity index (χ3n) is 4.03. The number of hydrogen-bond donors (Lipinski definition) is 1. The van der Waals surface area contributed by atoms with Crippen molar-refractivity contribution in [2.24, 2.45) is 5.92 Å². The fraction of sp³-hybridized carbons (Fsp3) is 0.923. The molecule has 0 aromatic carbocycles. The summed E-state index contributed by atoms with van der Waals surface area (Å²) in [6, 6.07) is 1.17. The zero-order valence-electron chi connectivity index (χ0n) is 10.9. The summed E-state index contributed by atoms with van der Waals surface area (Å²) in [5.41, 5.74) is 0. The summed E-state index contributed by atoms with van der Waals surface area (Å²) in [7, 11) is 0. The molecule has 4 nitrogen and oxygen atoms in total. The SMILES string of the molecule is CC(=O)N1CCC(NC2CCOCC2C)CC1. The Bertz CT molecular complexity index is 262. The first-order chi connectivity index (χ1) is 8.16. The van der Waals surface area contributed by atoms with Gasteiger partial charge in [0, 0.05) is 38.7 Å². The molecule has 2 aliphatic rings. The Morgan fingerprint density at radius 2 is 2.00 bits per heavy atom. The average Bonchev–Trinajstić information content (AvgIpc) is 2.33. The van der Waals surface area contributed by atoms with Crippen molar-refractivity contribution in [3.63, 3.8) is 0 Å². The standard InChI is InChI=1S/C13H24N2O2/c1-10-9-17-8-5-13(10)14-12-3-6-15(7-4-12)11(2)16/h10,12-14H,3-9H2,1-2H3. The van der Waals surface area contributed by atoms with E-state index in [4.69, 9.17) is 4.74 Å². The Morgan fingerprint density at radius 1 is 1.29 bits per heavy atom. The average molecular weight is 240 g/mol. The van der Waals surface area contributed by atoms with Gasteiger partial charge in [0.15, 0.2) is 0 Å². The van der Waals surface area contributed by atoms with E-state index < -0.39 is 0 Å². The van der Waals surface area contributed by atoms with Crippen LogP contribution in [0.3, 0.4) is 0 Å². The minimum Gasteiger partial charge on any atom is -0.381 e. The highest BCUT2D eigenvalue weighted by molar-refractivity contribution is 5.73. The van der Waals surface area contributed by atoms with Gasteiger partial charge in [-0.1, -0.05) is 6.92 Å². The molecule has 0 aliphatic carbocycles. The number of amides is 1. The summed E-state index contributed by atoms with van der Waals surface area (Å²) in [5, 5.41) is 3.75. The molecule has 2 aliphatic heterocycles. The zero-order chi connectivity index (χ0) is 12.3. The maximum absolute atomic E-state index is 11.2. The van der Waals surface area contributed by atoms with E-state index in [1.165, 1.54) is 0 Å². The van der Waals surface area contributed by atoms with Gasteiger partial charge in [-0.3, -0.25) is 4.79 Å². The van der Waals surface area contributed by atoms with Crippen LogP contribution in [0, 0.1) is 5.92 Å². The molecular formula is C13H24N2O2. The van der Waals surface area contributed by atoms with E-state index in [2.05, 4.69) is 12.2 Å². The molecule has 0 aromatic heterocycles. The molecule has 2 fully saturated rings. The van der Waals surface area contributed by atoms with Crippen LogP contribution in [0.1, 0.15) is 33.1 Å². The fourth-order valence-electron chi connectivity index (χ4n) is 2.79. The van der Waals surface area contributed by atoms with Gasteiger partial charge in [-0.15, -0.1) is 0 Å². The molecule has 1 N–H and O–H groups in total. The molecule has 0 spiro atoms. The summed E-state index contributed by atoms with van der Waals surface area (Å²) < 4.78 is 5.46. The van der Waals surface area contributed by atoms with Gasteiger partial charge in [0.05, 0.1) is 6.61 Å². The Morgan fingerprint density at radius 3 is 2.59 bits per heavy atom. The molecule has 2 heterocycles. The lowest BCUT2D eigenvalue weighted by atomic mass is 9.95. The first-order valence-corrected chi connectivity index (χ1v) is 6.76. The summed E-state index contributed by atoms with van der Waals surface area (Å²) in [4.78, 5) is 13.2. The highest BCUT2D eigenvalue weighted by Gasteiger charge is 2.27. The molecular weight excluding hydrogens is 216 g/mol. The van der Waals surface area contributed by atoms with Gasteiger partial charge in [-0.05, 0) is 25.2 Å². The number of hydrogen-bond acceptors (Lipinski definition) is 3. The minimum atomic E-state index is 0.211. The lowest BCUT2D eigenvalue weighted by Crippen LogP contribution is -2.51. The quantitative estimate of drug-likeness (QED) is 0.783. The number of ether oxygens (including phenoxy) is 1. The Kier molecular flexibility index (Phi) is 4.40. The van der Waals surface area contributed by atoms with Crippen LogP contribution in [0.2, 0.25) is 0 Å². The van der Waals surface area contributed by atoms with Crippen LogP contribution in [0.5, 0.6) is 0 Å². The molecule has 0 bridgehead atoms. The summed E-state index contributed by atoms with van der Waals surface area (Å²) in [5.74, 6) is 0.817. The first kappa shape index (κ1) is 12.8. The predicted molar refractivity (Wildman–Crippen MR) is 66.8 cm³/mol. The van der Waals surface area contributed by atoms with E-state index in [9.17, 15) is 4.79 Å². The van der Waals surface area contributed by atoms with Crippen molar-refractivity contribution in [1.82, 2.24) is 10.2 Å². The number of nitrogens with zero attached hydrogens (tertiary/aromatic N) is 1. The highest BCUT2D eigenvalue weighted by Crippen LogP contribution is 2.18. The van der Waals surface area contributed by atoms with Crippen molar-refractivity contribution < 1.29 is 9.53 Å². The van der Waals surface area contributed by atoms with Gasteiger partial charge >= 0.3 is 0 Å². The lowest BCUT2D eigenvalue weighted by Gasteiger charge is -2.37. The molecule has 98 valence electrons. The maximum atomic E-state index is 11.2. The van der Waals surface area contributed by atoms with Gasteiger partial charge < -0.3 is 15.0 Å². The Balaban J connectivity index is 1.75. The number of rotatable bonds is 2. The van der Waals surface area contributed by atoms with Gasteiger partial charge in [0.1, 0.15) is 0 Å². The summed E-state index contributed by atoms with van der Waals surface area (Å²) >= 11 is 0. The van der Waals surface area contributed by atoms with Crippen LogP contribution < -0.4 is 5.32 Å². The van der Waals surface area contributed by atoms with Crippen LogP contribution >= 0.6 is 0 Å². The maximum Gasteiger partial charge on any atom is 0.219 e. The van der Waals surface area contributed by atoms with Gasteiger partial charge in [0.2, 0.25) is 5.91 Å². The summed E-state index contributed by atoms with van der Waals surface area (Å²) in [6.45, 7) is 7.49. The molecule has 2 rings (SSSR count). The summed E-state index contributed by atoms with van der Waals surface area (Å²) in [6.07, 6.45) is 3.29. The van der Waals surface area contributed by atoms with E-state index in [1.807, 2.05) is 4.90 Å². The molecule has 0 aromatic rings. The first-order valence-electron chi connectivity index (χ1n) is 6.76. The molecule has 17 heavy (non-hydrogen) atoms. The van der Waals surface area contributed by atoms with E-state index in [1.54, 1.807) is 6.92 Å². The van der Waals surface area contributed by atoms with E-state index in [0.29, 0.717) is 18.0 Å². The molecule has 2 atom stereocenters. The number of piperidine rings is 1. The second-order valence-electron chi connectivity index (χ2n) is 5.39. The van der Waals surface area contributed by atoms with Crippen molar-refractivity contribution in [3.05, 3.63) is 0 Å². The zero-order valence-corrected chi connectivity index (χ0v) is 10.9. The van der Waals surface area contributed by atoms with Crippen molar-refractivity contribution in [2.45, 2.75) is 45.2 Å². The van der Waals surface area contributed by atoms with Crippen molar-refractivity contribution >= 4 is 5.91 Å². The monoisotopic (exact) mass is 240 g/mol. The molecule has 1 amide bonds. The number of carbonyl (C=O) groups excluding carboxylic acids is 1. The van der Waals surface area contributed by atoms with E-state index in [0.717, 1.165) is 45.6 Å². The number of carbonyl (C=O) groups is 1. The van der Waals surface area contributed by atoms with Crippen LogP contribution in [0.25, 0.3) is 0 Å². The molecule has 2 saturated heterocycles. The van der Waals surface area contributed by atoms with Crippen LogP contribution in [0.4, 0.5) is 0 Å². The molecule has 0 radical (unpaired) electrons. The largest absolute Gasteiger partial charge is 0.381 e. The Hall–Kier alpha value is -0.610. The lowest BCUT2D eigenvalue weighted by molar-refractivity contribution is -0.129. The molecule has 4 heteroatoms. The molecule has 2 unspecified atom stereocenters. The van der Waals surface area contributed by atoms with E-state index in [-0.39, 0.29) is 5.91 Å². The minimum absolute atomic E-state index is 0.211. The normalized spacial score (nSPS) is 31.5. The van der Waals surface area contributed by atoms with Crippen LogP contribution in [0.15, 0.2) is 0 Å². The van der Waals surface area contributed by atoms with Crippen molar-refractivity contribution in [2.75, 3.05) is 26.3 Å². The Labute approximate surface area is 104 Å². The topological polar surface area (TPSA) is 41.6 Å². The third kappa shape index (κ3) is 3.42. The van der Waals surface area contributed by atoms with Crippen molar-refractivity contribution in [1.29, 1.82) is 0 Å². The van der Waals surface area contributed by atoms with E-state index >= 15 is 0 Å². The second-order valence-corrected chi connectivity index (χ2v) is 5.39. The van der Waals surface area contributed by atoms with Gasteiger partial charge in [0.25, 0.3) is 0 Å². The van der Waals surface area contributed by atoms with Gasteiger partial charge in [-0.25, -0.2) is 0 Å². The van der Waals surface area contributed by atoms with Crippen LogP contribution in [-0.2, 0) is 9.53 Å². The predicted octanol–water partition coefficient (Wildman–Crippen LogP) is 1.01. The fourth-order valence-corrected chi connectivity index (χ4v) is 2.79.